The lowest BCUT2D eigenvalue weighted by atomic mass is 9.99. The first-order valence-electron chi connectivity index (χ1n) is 6.55. The average molecular weight is 335 g/mol. The zero-order valence-corrected chi connectivity index (χ0v) is 13.1. The van der Waals surface area contributed by atoms with Crippen LogP contribution in [0.25, 0.3) is 0 Å². The molecule has 1 atom stereocenters. The second kappa shape index (κ2) is 7.43. The first-order chi connectivity index (χ1) is 9.72. The first kappa shape index (κ1) is 15.0. The number of nitrogens with two attached hydrogens (primary N) is 1. The Morgan fingerprint density at radius 2 is 1.80 bits per heavy atom. The van der Waals surface area contributed by atoms with Crippen LogP contribution < -0.4 is 16.0 Å². The van der Waals surface area contributed by atoms with Crippen molar-refractivity contribution < 1.29 is 4.74 Å². The highest BCUT2D eigenvalue weighted by atomic mass is 79.9. The topological polar surface area (TPSA) is 47.3 Å². The molecule has 0 fully saturated rings. The van der Waals surface area contributed by atoms with Crippen LogP contribution in [0.3, 0.4) is 0 Å². The zero-order chi connectivity index (χ0) is 14.4. The van der Waals surface area contributed by atoms with Crippen molar-refractivity contribution in [3.8, 4) is 5.75 Å². The second-order valence-corrected chi connectivity index (χ2v) is 5.63. The van der Waals surface area contributed by atoms with Gasteiger partial charge < -0.3 is 4.74 Å². The van der Waals surface area contributed by atoms with Crippen LogP contribution in [0.2, 0.25) is 0 Å². The van der Waals surface area contributed by atoms with Crippen LogP contribution in [0, 0.1) is 0 Å². The molecule has 0 saturated heterocycles. The van der Waals surface area contributed by atoms with Gasteiger partial charge in [-0.2, -0.15) is 0 Å². The highest BCUT2D eigenvalue weighted by molar-refractivity contribution is 9.10. The molecule has 3 N–H and O–H groups in total. The Morgan fingerprint density at radius 3 is 2.45 bits per heavy atom. The molecule has 0 amide bonds. The second-order valence-electron chi connectivity index (χ2n) is 4.71. The summed E-state index contributed by atoms with van der Waals surface area (Å²) >= 11 is 3.44. The van der Waals surface area contributed by atoms with Crippen LogP contribution in [0.1, 0.15) is 11.1 Å². The number of ether oxygens (including phenoxy) is 1. The van der Waals surface area contributed by atoms with Crippen molar-refractivity contribution in [2.24, 2.45) is 5.84 Å². The summed E-state index contributed by atoms with van der Waals surface area (Å²) in [6.45, 7) is 0. The van der Waals surface area contributed by atoms with Crippen LogP contribution in [0.5, 0.6) is 5.75 Å². The summed E-state index contributed by atoms with van der Waals surface area (Å²) < 4.78 is 6.47. The summed E-state index contributed by atoms with van der Waals surface area (Å²) in [5, 5.41) is 0. The molecule has 0 spiro atoms. The fourth-order valence-corrected chi connectivity index (χ4v) is 2.50. The monoisotopic (exact) mass is 334 g/mol. The normalized spacial score (nSPS) is 12.2. The largest absolute Gasteiger partial charge is 0.496 e. The van der Waals surface area contributed by atoms with Crippen LogP contribution >= 0.6 is 15.9 Å². The van der Waals surface area contributed by atoms with E-state index >= 15 is 0 Å². The molecule has 2 aromatic rings. The summed E-state index contributed by atoms with van der Waals surface area (Å²) in [5.41, 5.74) is 5.32. The fourth-order valence-electron chi connectivity index (χ4n) is 2.23. The number of halogens is 1. The standard InChI is InChI=1S/C16H19BrN2O/c1-20-16-5-3-2-4-13(16)11-15(19-18)10-12-6-8-14(17)9-7-12/h2-9,15,19H,10-11,18H2,1H3. The number of methoxy groups -OCH3 is 1. The molecule has 2 aromatic carbocycles. The van der Waals surface area contributed by atoms with Gasteiger partial charge in [0, 0.05) is 10.5 Å². The molecule has 0 radical (unpaired) electrons. The van der Waals surface area contributed by atoms with Crippen molar-refractivity contribution in [2.45, 2.75) is 18.9 Å². The van der Waals surface area contributed by atoms with Gasteiger partial charge in [0.25, 0.3) is 0 Å². The van der Waals surface area contributed by atoms with Gasteiger partial charge in [0.05, 0.1) is 7.11 Å². The van der Waals surface area contributed by atoms with E-state index < -0.39 is 0 Å². The lowest BCUT2D eigenvalue weighted by Gasteiger charge is -2.17. The Morgan fingerprint density at radius 1 is 1.10 bits per heavy atom. The van der Waals surface area contributed by atoms with Gasteiger partial charge in [0.2, 0.25) is 0 Å². The third-order valence-corrected chi connectivity index (χ3v) is 3.82. The third-order valence-electron chi connectivity index (χ3n) is 3.29. The van der Waals surface area contributed by atoms with E-state index in [2.05, 4.69) is 39.6 Å². The van der Waals surface area contributed by atoms with Crippen molar-refractivity contribution in [1.29, 1.82) is 0 Å². The molecule has 0 bridgehead atoms. The van der Waals surface area contributed by atoms with Gasteiger partial charge in [-0.15, -0.1) is 0 Å². The maximum absolute atomic E-state index is 5.69. The lowest BCUT2D eigenvalue weighted by Crippen LogP contribution is -2.38. The van der Waals surface area contributed by atoms with E-state index in [1.807, 2.05) is 30.3 Å². The van der Waals surface area contributed by atoms with Gasteiger partial charge in [-0.1, -0.05) is 46.3 Å². The zero-order valence-electron chi connectivity index (χ0n) is 11.5. The third kappa shape index (κ3) is 4.07. The predicted octanol–water partition coefficient (Wildman–Crippen LogP) is 3.07. The molecule has 4 heteroatoms. The Labute approximate surface area is 128 Å². The van der Waals surface area contributed by atoms with E-state index in [0.29, 0.717) is 0 Å². The Hall–Kier alpha value is -1.36. The van der Waals surface area contributed by atoms with Gasteiger partial charge >= 0.3 is 0 Å². The Balaban J connectivity index is 2.07. The van der Waals surface area contributed by atoms with Gasteiger partial charge in [-0.25, -0.2) is 0 Å². The van der Waals surface area contributed by atoms with E-state index in [1.54, 1.807) is 7.11 Å². The average Bonchev–Trinajstić information content (AvgIpc) is 2.49. The van der Waals surface area contributed by atoms with Gasteiger partial charge in [0.1, 0.15) is 5.75 Å². The van der Waals surface area contributed by atoms with E-state index in [-0.39, 0.29) is 6.04 Å². The highest BCUT2D eigenvalue weighted by Crippen LogP contribution is 2.20. The number of para-hydroxylation sites is 1. The molecule has 0 aliphatic heterocycles. The summed E-state index contributed by atoms with van der Waals surface area (Å²) in [6, 6.07) is 16.5. The molecule has 2 rings (SSSR count). The van der Waals surface area contributed by atoms with E-state index in [0.717, 1.165) is 28.6 Å². The summed E-state index contributed by atoms with van der Waals surface area (Å²) in [5.74, 6) is 6.60. The maximum atomic E-state index is 5.69. The molecule has 1 unspecified atom stereocenters. The molecule has 106 valence electrons. The summed E-state index contributed by atoms with van der Waals surface area (Å²) in [4.78, 5) is 0. The SMILES string of the molecule is COc1ccccc1CC(Cc1ccc(Br)cc1)NN. The van der Waals surface area contributed by atoms with Gasteiger partial charge in [-0.3, -0.25) is 11.3 Å². The molecular formula is C16H19BrN2O. The number of rotatable bonds is 6. The molecule has 3 nitrogen and oxygen atoms in total. The molecule has 0 aliphatic rings. The molecule has 0 saturated carbocycles. The number of hydrogen-bond donors (Lipinski definition) is 2. The van der Waals surface area contributed by atoms with E-state index in [9.17, 15) is 0 Å². The van der Waals surface area contributed by atoms with E-state index in [1.165, 1.54) is 5.56 Å². The van der Waals surface area contributed by atoms with Crippen molar-refractivity contribution in [3.63, 3.8) is 0 Å². The van der Waals surface area contributed by atoms with Crippen molar-refractivity contribution in [2.75, 3.05) is 7.11 Å². The molecular weight excluding hydrogens is 316 g/mol. The molecule has 0 heterocycles. The minimum absolute atomic E-state index is 0.174. The number of benzene rings is 2. The highest BCUT2D eigenvalue weighted by Gasteiger charge is 2.11. The molecule has 0 aromatic heterocycles. The van der Waals surface area contributed by atoms with Crippen LogP contribution in [-0.2, 0) is 12.8 Å². The van der Waals surface area contributed by atoms with E-state index in [4.69, 9.17) is 10.6 Å². The van der Waals surface area contributed by atoms with Crippen molar-refractivity contribution >= 4 is 15.9 Å². The van der Waals surface area contributed by atoms with Gasteiger partial charge in [-0.05, 0) is 42.2 Å². The minimum Gasteiger partial charge on any atom is -0.496 e. The molecule has 20 heavy (non-hydrogen) atoms. The lowest BCUT2D eigenvalue weighted by molar-refractivity contribution is 0.404. The quantitative estimate of drug-likeness (QED) is 0.630. The number of hydrogen-bond acceptors (Lipinski definition) is 3. The summed E-state index contributed by atoms with van der Waals surface area (Å²) in [6.07, 6.45) is 1.71. The van der Waals surface area contributed by atoms with Crippen LogP contribution in [-0.4, -0.2) is 13.2 Å². The predicted molar refractivity (Wildman–Crippen MR) is 85.7 cm³/mol. The summed E-state index contributed by atoms with van der Waals surface area (Å²) in [7, 11) is 1.69. The smallest absolute Gasteiger partial charge is 0.122 e. The molecule has 0 aliphatic carbocycles. The maximum Gasteiger partial charge on any atom is 0.122 e. The number of nitrogens with one attached hydrogen (secondary N) is 1. The number of hydrazine groups is 1. The first-order valence-corrected chi connectivity index (χ1v) is 7.34. The Bertz CT molecular complexity index is 542. The van der Waals surface area contributed by atoms with Crippen molar-refractivity contribution in [1.82, 2.24) is 5.43 Å². The van der Waals surface area contributed by atoms with Crippen LogP contribution in [0.15, 0.2) is 53.0 Å². The minimum atomic E-state index is 0.174. The van der Waals surface area contributed by atoms with Crippen LogP contribution in [0.4, 0.5) is 0 Å². The van der Waals surface area contributed by atoms with Gasteiger partial charge in [0.15, 0.2) is 0 Å². The van der Waals surface area contributed by atoms with Crippen molar-refractivity contribution in [3.05, 3.63) is 64.1 Å². The fraction of sp³-hybridized carbons (Fsp3) is 0.250. The Kier molecular flexibility index (Phi) is 5.59.